The molecule has 0 spiro atoms. The number of carbonyl (C=O) groups excluding carboxylic acids is 1. The van der Waals surface area contributed by atoms with Crippen molar-refractivity contribution in [2.45, 2.75) is 13.5 Å². The van der Waals surface area contributed by atoms with Crippen molar-refractivity contribution >= 4 is 29.0 Å². The second kappa shape index (κ2) is 7.93. The highest BCUT2D eigenvalue weighted by molar-refractivity contribution is 6.31. The van der Waals surface area contributed by atoms with E-state index >= 15 is 0 Å². The molecule has 0 saturated heterocycles. The van der Waals surface area contributed by atoms with Crippen molar-refractivity contribution in [1.29, 1.82) is 0 Å². The summed E-state index contributed by atoms with van der Waals surface area (Å²) in [5, 5.41) is 6.33. The largest absolute Gasteiger partial charge is 0.366 e. The average molecular weight is 371 g/mol. The minimum absolute atomic E-state index is 0.190. The Morgan fingerprint density at radius 2 is 1.96 bits per heavy atom. The van der Waals surface area contributed by atoms with E-state index in [1.54, 1.807) is 36.4 Å². The Morgan fingerprint density at radius 3 is 2.77 bits per heavy atom. The molecule has 132 valence electrons. The van der Waals surface area contributed by atoms with Crippen molar-refractivity contribution in [2.75, 3.05) is 10.6 Å². The molecule has 2 N–H and O–H groups in total. The van der Waals surface area contributed by atoms with Gasteiger partial charge in [-0.05, 0) is 30.7 Å². The Kier molecular flexibility index (Phi) is 5.43. The summed E-state index contributed by atoms with van der Waals surface area (Å²) in [7, 11) is 0. The van der Waals surface area contributed by atoms with Gasteiger partial charge in [0.15, 0.2) is 0 Å². The van der Waals surface area contributed by atoms with Gasteiger partial charge in [-0.25, -0.2) is 14.4 Å². The quantitative estimate of drug-likeness (QED) is 0.696. The molecule has 0 aliphatic heterocycles. The van der Waals surface area contributed by atoms with Crippen LogP contribution in [0.1, 0.15) is 21.6 Å². The maximum Gasteiger partial charge on any atom is 0.274 e. The van der Waals surface area contributed by atoms with Crippen LogP contribution < -0.4 is 10.6 Å². The first kappa shape index (κ1) is 17.8. The molecule has 3 rings (SSSR count). The number of carbonyl (C=O) groups is 1. The standard InChI is InChI=1S/C19H16ClFN4O/c1-12-14(20)6-4-8-16(12)25-19(26)17-9-18(24-11-23-17)22-10-13-5-2-3-7-15(13)21/h2-9,11H,10H2,1H3,(H,25,26)(H,22,23,24). The summed E-state index contributed by atoms with van der Waals surface area (Å²) in [4.78, 5) is 20.5. The van der Waals surface area contributed by atoms with Crippen molar-refractivity contribution in [3.05, 3.63) is 82.5 Å². The number of rotatable bonds is 5. The third kappa shape index (κ3) is 4.15. The normalized spacial score (nSPS) is 10.4. The van der Waals surface area contributed by atoms with Crippen LogP contribution in [0.4, 0.5) is 15.9 Å². The van der Waals surface area contributed by atoms with E-state index in [1.165, 1.54) is 18.5 Å². The van der Waals surface area contributed by atoms with Crippen molar-refractivity contribution < 1.29 is 9.18 Å². The molecule has 0 bridgehead atoms. The number of benzene rings is 2. The molecule has 1 heterocycles. The minimum Gasteiger partial charge on any atom is -0.366 e. The van der Waals surface area contributed by atoms with E-state index in [4.69, 9.17) is 11.6 Å². The molecule has 0 saturated carbocycles. The highest BCUT2D eigenvalue weighted by Crippen LogP contribution is 2.23. The molecule has 0 atom stereocenters. The Hall–Kier alpha value is -2.99. The van der Waals surface area contributed by atoms with Crippen LogP contribution in [0.5, 0.6) is 0 Å². The molecular formula is C19H16ClFN4O. The molecule has 0 unspecified atom stereocenters. The topological polar surface area (TPSA) is 66.9 Å². The van der Waals surface area contributed by atoms with Crippen LogP contribution in [0.2, 0.25) is 5.02 Å². The first-order chi connectivity index (χ1) is 12.5. The van der Waals surface area contributed by atoms with Gasteiger partial charge >= 0.3 is 0 Å². The number of hydrogen-bond donors (Lipinski definition) is 2. The van der Waals surface area contributed by atoms with Gasteiger partial charge in [0.1, 0.15) is 23.7 Å². The van der Waals surface area contributed by atoms with Crippen LogP contribution in [0, 0.1) is 12.7 Å². The van der Waals surface area contributed by atoms with Gasteiger partial charge in [0.05, 0.1) is 0 Å². The Morgan fingerprint density at radius 1 is 1.15 bits per heavy atom. The second-order valence-corrected chi connectivity index (χ2v) is 6.01. The molecule has 0 radical (unpaired) electrons. The highest BCUT2D eigenvalue weighted by atomic mass is 35.5. The molecule has 0 fully saturated rings. The van der Waals surface area contributed by atoms with Gasteiger partial charge in [0, 0.05) is 28.9 Å². The molecule has 0 aliphatic rings. The summed E-state index contributed by atoms with van der Waals surface area (Å²) in [5.74, 6) is -0.258. The van der Waals surface area contributed by atoms with E-state index in [0.29, 0.717) is 22.1 Å². The molecule has 1 amide bonds. The lowest BCUT2D eigenvalue weighted by Crippen LogP contribution is -2.15. The average Bonchev–Trinajstić information content (AvgIpc) is 2.65. The van der Waals surface area contributed by atoms with Crippen molar-refractivity contribution in [3.8, 4) is 0 Å². The first-order valence-electron chi connectivity index (χ1n) is 7.90. The van der Waals surface area contributed by atoms with E-state index in [1.807, 2.05) is 6.92 Å². The number of hydrogen-bond acceptors (Lipinski definition) is 4. The Balaban J connectivity index is 1.71. The van der Waals surface area contributed by atoms with Crippen molar-refractivity contribution in [3.63, 3.8) is 0 Å². The monoisotopic (exact) mass is 370 g/mol. The van der Waals surface area contributed by atoms with Crippen LogP contribution in [0.25, 0.3) is 0 Å². The molecule has 0 aliphatic carbocycles. The van der Waals surface area contributed by atoms with E-state index in [9.17, 15) is 9.18 Å². The summed E-state index contributed by atoms with van der Waals surface area (Å²) in [6.45, 7) is 2.07. The molecule has 5 nitrogen and oxygen atoms in total. The summed E-state index contributed by atoms with van der Waals surface area (Å²) >= 11 is 6.06. The van der Waals surface area contributed by atoms with Gasteiger partial charge in [0.2, 0.25) is 0 Å². The van der Waals surface area contributed by atoms with Crippen LogP contribution in [0.3, 0.4) is 0 Å². The fourth-order valence-electron chi connectivity index (χ4n) is 2.33. The molecular weight excluding hydrogens is 355 g/mol. The third-order valence-electron chi connectivity index (χ3n) is 3.83. The van der Waals surface area contributed by atoms with Gasteiger partial charge in [-0.2, -0.15) is 0 Å². The fourth-order valence-corrected chi connectivity index (χ4v) is 2.51. The molecule has 2 aromatic carbocycles. The van der Waals surface area contributed by atoms with Crippen LogP contribution in [-0.4, -0.2) is 15.9 Å². The van der Waals surface area contributed by atoms with Gasteiger partial charge in [-0.1, -0.05) is 35.9 Å². The van der Waals surface area contributed by atoms with Gasteiger partial charge < -0.3 is 10.6 Å². The van der Waals surface area contributed by atoms with Crippen LogP contribution in [-0.2, 0) is 6.54 Å². The maximum absolute atomic E-state index is 13.7. The molecule has 3 aromatic rings. The number of nitrogens with zero attached hydrogens (tertiary/aromatic N) is 2. The molecule has 7 heteroatoms. The van der Waals surface area contributed by atoms with Gasteiger partial charge in [-0.15, -0.1) is 0 Å². The Labute approximate surface area is 155 Å². The second-order valence-electron chi connectivity index (χ2n) is 5.60. The predicted octanol–water partition coefficient (Wildman–Crippen LogP) is 4.44. The number of nitrogens with one attached hydrogen (secondary N) is 2. The Bertz CT molecular complexity index is 948. The number of halogens is 2. The van der Waals surface area contributed by atoms with Crippen molar-refractivity contribution in [1.82, 2.24) is 9.97 Å². The predicted molar refractivity (Wildman–Crippen MR) is 99.9 cm³/mol. The lowest BCUT2D eigenvalue weighted by molar-refractivity contribution is 0.102. The van der Waals surface area contributed by atoms with Gasteiger partial charge in [0.25, 0.3) is 5.91 Å². The summed E-state index contributed by atoms with van der Waals surface area (Å²) in [6, 6.07) is 13.2. The smallest absolute Gasteiger partial charge is 0.274 e. The maximum atomic E-state index is 13.7. The van der Waals surface area contributed by atoms with Gasteiger partial charge in [-0.3, -0.25) is 4.79 Å². The number of anilines is 2. The molecule has 1 aromatic heterocycles. The first-order valence-corrected chi connectivity index (χ1v) is 8.28. The summed E-state index contributed by atoms with van der Waals surface area (Å²) in [6.07, 6.45) is 1.28. The lowest BCUT2D eigenvalue weighted by Gasteiger charge is -2.10. The molecule has 26 heavy (non-hydrogen) atoms. The van der Waals surface area contributed by atoms with E-state index in [2.05, 4.69) is 20.6 Å². The lowest BCUT2D eigenvalue weighted by atomic mass is 10.2. The highest BCUT2D eigenvalue weighted by Gasteiger charge is 2.12. The minimum atomic E-state index is -0.383. The summed E-state index contributed by atoms with van der Waals surface area (Å²) in [5.41, 5.74) is 2.08. The third-order valence-corrected chi connectivity index (χ3v) is 4.24. The van der Waals surface area contributed by atoms with Crippen LogP contribution in [0.15, 0.2) is 54.9 Å². The zero-order valence-electron chi connectivity index (χ0n) is 14.0. The zero-order valence-corrected chi connectivity index (χ0v) is 14.7. The SMILES string of the molecule is Cc1c(Cl)cccc1NC(=O)c1cc(NCc2ccccc2F)ncn1. The number of aromatic nitrogens is 2. The summed E-state index contributed by atoms with van der Waals surface area (Å²) < 4.78 is 13.7. The van der Waals surface area contributed by atoms with Crippen LogP contribution >= 0.6 is 11.6 Å². The van der Waals surface area contributed by atoms with E-state index < -0.39 is 0 Å². The van der Waals surface area contributed by atoms with E-state index in [-0.39, 0.29) is 24.0 Å². The van der Waals surface area contributed by atoms with E-state index in [0.717, 1.165) is 5.56 Å². The fraction of sp³-hybridized carbons (Fsp3) is 0.105. The van der Waals surface area contributed by atoms with Crippen molar-refractivity contribution in [2.24, 2.45) is 0 Å². The zero-order chi connectivity index (χ0) is 18.5. The number of amides is 1.